The molecular formula is C12H18N2O4. The molecule has 0 radical (unpaired) electrons. The van der Waals surface area contributed by atoms with Crippen molar-refractivity contribution in [1.82, 2.24) is 9.78 Å². The lowest BCUT2D eigenvalue weighted by atomic mass is 10.1. The van der Waals surface area contributed by atoms with Crippen molar-refractivity contribution in [3.05, 3.63) is 18.0 Å². The number of carboxylic acid groups (broad SMARTS) is 1. The van der Waals surface area contributed by atoms with Gasteiger partial charge in [0.1, 0.15) is 5.60 Å². The summed E-state index contributed by atoms with van der Waals surface area (Å²) in [5, 5.41) is 13.0. The third kappa shape index (κ3) is 3.09. The minimum Gasteiger partial charge on any atom is -0.479 e. The highest BCUT2D eigenvalue weighted by Gasteiger charge is 2.31. The number of aliphatic carboxylic acids is 1. The van der Waals surface area contributed by atoms with Crippen LogP contribution in [0.15, 0.2) is 12.3 Å². The summed E-state index contributed by atoms with van der Waals surface area (Å²) in [7, 11) is 0. The maximum atomic E-state index is 11.7. The number of carboxylic acids is 1. The van der Waals surface area contributed by atoms with Crippen LogP contribution in [0.5, 0.6) is 0 Å². The third-order valence-corrected chi connectivity index (χ3v) is 2.29. The number of esters is 1. The van der Waals surface area contributed by atoms with Crippen LogP contribution in [-0.2, 0) is 15.1 Å². The molecule has 1 aromatic heterocycles. The van der Waals surface area contributed by atoms with Crippen LogP contribution in [0.2, 0.25) is 0 Å². The van der Waals surface area contributed by atoms with Crippen molar-refractivity contribution in [2.75, 3.05) is 0 Å². The number of aromatic nitrogens is 2. The molecule has 0 spiro atoms. The van der Waals surface area contributed by atoms with Gasteiger partial charge in [0, 0.05) is 6.20 Å². The van der Waals surface area contributed by atoms with Crippen molar-refractivity contribution in [1.29, 1.82) is 0 Å². The average molecular weight is 254 g/mol. The first-order chi connectivity index (χ1) is 8.04. The number of ether oxygens (including phenoxy) is 1. The van der Waals surface area contributed by atoms with E-state index >= 15 is 0 Å². The molecule has 1 aromatic rings. The SMILES string of the molecule is CC(C)(C)OC(=O)c1ccn(C(C)(C)C(=O)O)n1. The van der Waals surface area contributed by atoms with Gasteiger partial charge in [-0.2, -0.15) is 5.10 Å². The predicted octanol–water partition coefficient (Wildman–Crippen LogP) is 1.66. The molecule has 0 aliphatic rings. The second-order valence-electron chi connectivity index (χ2n) is 5.51. The molecular weight excluding hydrogens is 236 g/mol. The summed E-state index contributed by atoms with van der Waals surface area (Å²) in [4.78, 5) is 22.8. The number of rotatable bonds is 3. The lowest BCUT2D eigenvalue weighted by Gasteiger charge is -2.20. The van der Waals surface area contributed by atoms with Crippen molar-refractivity contribution < 1.29 is 19.4 Å². The Morgan fingerprint density at radius 1 is 1.28 bits per heavy atom. The Bertz CT molecular complexity index is 469. The molecule has 0 unspecified atom stereocenters. The van der Waals surface area contributed by atoms with Gasteiger partial charge in [-0.3, -0.25) is 4.68 Å². The van der Waals surface area contributed by atoms with Gasteiger partial charge >= 0.3 is 11.9 Å². The van der Waals surface area contributed by atoms with Gasteiger partial charge in [0.25, 0.3) is 0 Å². The van der Waals surface area contributed by atoms with Crippen LogP contribution in [0, 0.1) is 0 Å². The van der Waals surface area contributed by atoms with Crippen LogP contribution >= 0.6 is 0 Å². The van der Waals surface area contributed by atoms with Gasteiger partial charge in [0.2, 0.25) is 0 Å². The minimum absolute atomic E-state index is 0.0965. The minimum atomic E-state index is -1.21. The van der Waals surface area contributed by atoms with Gasteiger partial charge in [-0.25, -0.2) is 9.59 Å². The molecule has 1 heterocycles. The first-order valence-electron chi connectivity index (χ1n) is 5.57. The summed E-state index contributed by atoms with van der Waals surface area (Å²) >= 11 is 0. The zero-order valence-electron chi connectivity index (χ0n) is 11.2. The largest absolute Gasteiger partial charge is 0.479 e. The second kappa shape index (κ2) is 4.44. The molecule has 0 atom stereocenters. The second-order valence-corrected chi connectivity index (χ2v) is 5.51. The van der Waals surface area contributed by atoms with Crippen molar-refractivity contribution in [2.45, 2.75) is 45.8 Å². The van der Waals surface area contributed by atoms with Crippen LogP contribution in [0.4, 0.5) is 0 Å². The van der Waals surface area contributed by atoms with Gasteiger partial charge in [-0.15, -0.1) is 0 Å². The van der Waals surface area contributed by atoms with Crippen LogP contribution < -0.4 is 0 Å². The number of carbonyl (C=O) groups excluding carboxylic acids is 1. The topological polar surface area (TPSA) is 81.4 Å². The van der Waals surface area contributed by atoms with Crippen molar-refractivity contribution >= 4 is 11.9 Å². The Balaban J connectivity index is 2.94. The van der Waals surface area contributed by atoms with E-state index < -0.39 is 23.1 Å². The van der Waals surface area contributed by atoms with E-state index in [0.29, 0.717) is 0 Å². The highest BCUT2D eigenvalue weighted by atomic mass is 16.6. The summed E-state index contributed by atoms with van der Waals surface area (Å²) in [6.45, 7) is 8.26. The molecule has 100 valence electrons. The van der Waals surface area contributed by atoms with Crippen LogP contribution in [0.1, 0.15) is 45.1 Å². The van der Waals surface area contributed by atoms with E-state index in [1.54, 1.807) is 20.8 Å². The van der Waals surface area contributed by atoms with Crippen LogP contribution in [0.25, 0.3) is 0 Å². The van der Waals surface area contributed by atoms with E-state index in [-0.39, 0.29) is 5.69 Å². The van der Waals surface area contributed by atoms with Crippen molar-refractivity contribution in [3.8, 4) is 0 Å². The van der Waals surface area contributed by atoms with Crippen molar-refractivity contribution in [2.24, 2.45) is 0 Å². The third-order valence-electron chi connectivity index (χ3n) is 2.29. The van der Waals surface area contributed by atoms with E-state index in [9.17, 15) is 9.59 Å². The summed E-state index contributed by atoms with van der Waals surface area (Å²) in [5.41, 5.74) is -1.72. The Kier molecular flexibility index (Phi) is 3.50. The van der Waals surface area contributed by atoms with Crippen LogP contribution in [0.3, 0.4) is 0 Å². The molecule has 0 saturated carbocycles. The maximum absolute atomic E-state index is 11.7. The lowest BCUT2D eigenvalue weighted by molar-refractivity contribution is -0.146. The lowest BCUT2D eigenvalue weighted by Crippen LogP contribution is -2.36. The summed E-state index contributed by atoms with van der Waals surface area (Å²) in [5.74, 6) is -1.59. The summed E-state index contributed by atoms with van der Waals surface area (Å²) in [6.07, 6.45) is 1.45. The number of nitrogens with zero attached hydrogens (tertiary/aromatic N) is 2. The zero-order chi connectivity index (χ0) is 14.1. The Labute approximate surface area is 106 Å². The van der Waals surface area contributed by atoms with E-state index in [1.165, 1.54) is 30.8 Å². The molecule has 6 heteroatoms. The van der Waals surface area contributed by atoms with Crippen LogP contribution in [-0.4, -0.2) is 32.4 Å². The highest BCUT2D eigenvalue weighted by molar-refractivity contribution is 5.87. The zero-order valence-corrected chi connectivity index (χ0v) is 11.2. The fourth-order valence-electron chi connectivity index (χ4n) is 1.17. The standard InChI is InChI=1S/C12H18N2O4/c1-11(2,3)18-9(15)8-6-7-14(13-8)12(4,5)10(16)17/h6-7H,1-5H3,(H,16,17). The van der Waals surface area contributed by atoms with E-state index in [2.05, 4.69) is 5.10 Å². The smallest absolute Gasteiger partial charge is 0.359 e. The normalized spacial score (nSPS) is 12.3. The summed E-state index contributed by atoms with van der Waals surface area (Å²) < 4.78 is 6.38. The first-order valence-corrected chi connectivity index (χ1v) is 5.57. The molecule has 0 amide bonds. The highest BCUT2D eigenvalue weighted by Crippen LogP contribution is 2.16. The molecule has 18 heavy (non-hydrogen) atoms. The van der Waals surface area contributed by atoms with Gasteiger partial charge in [-0.05, 0) is 40.7 Å². The molecule has 0 saturated heterocycles. The number of hydrogen-bond acceptors (Lipinski definition) is 4. The van der Waals surface area contributed by atoms with E-state index in [0.717, 1.165) is 0 Å². The van der Waals surface area contributed by atoms with Gasteiger partial charge in [0.15, 0.2) is 11.2 Å². The molecule has 0 aliphatic heterocycles. The van der Waals surface area contributed by atoms with E-state index in [4.69, 9.17) is 9.84 Å². The Hall–Kier alpha value is -1.85. The Morgan fingerprint density at radius 3 is 2.28 bits per heavy atom. The molecule has 0 aromatic carbocycles. The van der Waals surface area contributed by atoms with Gasteiger partial charge in [0.05, 0.1) is 0 Å². The maximum Gasteiger partial charge on any atom is 0.359 e. The molecule has 1 N–H and O–H groups in total. The number of carbonyl (C=O) groups is 2. The summed E-state index contributed by atoms with van der Waals surface area (Å²) in [6, 6.07) is 1.44. The monoisotopic (exact) mass is 254 g/mol. The number of hydrogen-bond donors (Lipinski definition) is 1. The predicted molar refractivity (Wildman–Crippen MR) is 64.4 cm³/mol. The fraction of sp³-hybridized carbons (Fsp3) is 0.583. The molecule has 0 aliphatic carbocycles. The van der Waals surface area contributed by atoms with E-state index in [1.807, 2.05) is 0 Å². The first kappa shape index (κ1) is 14.2. The fourth-order valence-corrected chi connectivity index (χ4v) is 1.17. The molecule has 0 bridgehead atoms. The average Bonchev–Trinajstić information content (AvgIpc) is 2.63. The quantitative estimate of drug-likeness (QED) is 0.829. The molecule has 1 rings (SSSR count). The molecule has 0 fully saturated rings. The van der Waals surface area contributed by atoms with Gasteiger partial charge in [-0.1, -0.05) is 0 Å². The van der Waals surface area contributed by atoms with Crippen molar-refractivity contribution in [3.63, 3.8) is 0 Å². The Morgan fingerprint density at radius 2 is 1.83 bits per heavy atom. The van der Waals surface area contributed by atoms with Gasteiger partial charge < -0.3 is 9.84 Å². The molecule has 6 nitrogen and oxygen atoms in total.